The number of rotatable bonds is 65. The Morgan fingerprint density at radius 3 is 1.12 bits per heavy atom. The van der Waals surface area contributed by atoms with Crippen LogP contribution in [0.1, 0.15) is 328 Å². The molecule has 3 atom stereocenters. The second-order valence-corrected chi connectivity index (χ2v) is 26.6. The van der Waals surface area contributed by atoms with Crippen LogP contribution in [0.2, 0.25) is 0 Å². The van der Waals surface area contributed by atoms with Crippen LogP contribution in [0.4, 0.5) is 0 Å². The number of quaternary nitrogens is 1. The number of unbranched alkanes of at least 4 members (excludes halogenated alkanes) is 40. The topological polar surface area (TPSA) is 108 Å². The molecule has 0 aliphatic heterocycles. The van der Waals surface area contributed by atoms with Crippen molar-refractivity contribution in [2.45, 2.75) is 341 Å². The van der Waals surface area contributed by atoms with Gasteiger partial charge >= 0.3 is 0 Å². The van der Waals surface area contributed by atoms with Crippen molar-refractivity contribution in [1.29, 1.82) is 0 Å². The first-order valence-electron chi connectivity index (χ1n) is 35.4. The molecular formula is C74H137N2O6P. The van der Waals surface area contributed by atoms with Gasteiger partial charge in [0.1, 0.15) is 13.2 Å². The third-order valence-electron chi connectivity index (χ3n) is 15.8. The van der Waals surface area contributed by atoms with Gasteiger partial charge in [-0.05, 0) is 77.0 Å². The van der Waals surface area contributed by atoms with Crippen molar-refractivity contribution >= 4 is 13.7 Å². The van der Waals surface area contributed by atoms with Crippen LogP contribution in [0, 0.1) is 0 Å². The quantitative estimate of drug-likeness (QED) is 0.0272. The van der Waals surface area contributed by atoms with E-state index in [0.29, 0.717) is 17.4 Å². The van der Waals surface area contributed by atoms with Crippen molar-refractivity contribution in [3.63, 3.8) is 0 Å². The van der Waals surface area contributed by atoms with Gasteiger partial charge in [-0.15, -0.1) is 0 Å². The molecule has 0 rings (SSSR count). The number of amides is 1. The van der Waals surface area contributed by atoms with Crippen LogP contribution in [0.25, 0.3) is 0 Å². The van der Waals surface area contributed by atoms with Gasteiger partial charge < -0.3 is 28.8 Å². The molecule has 0 aliphatic carbocycles. The Morgan fingerprint density at radius 2 is 0.747 bits per heavy atom. The summed E-state index contributed by atoms with van der Waals surface area (Å²) in [5.74, 6) is -0.204. The number of aliphatic hydroxyl groups is 1. The van der Waals surface area contributed by atoms with Crippen LogP contribution in [0.15, 0.2) is 85.1 Å². The number of hydrogen-bond donors (Lipinski definition) is 2. The summed E-state index contributed by atoms with van der Waals surface area (Å²) in [5, 5.41) is 13.9. The highest BCUT2D eigenvalue weighted by molar-refractivity contribution is 7.45. The predicted octanol–water partition coefficient (Wildman–Crippen LogP) is 22.1. The number of carbonyl (C=O) groups excluding carboxylic acids is 1. The number of phosphoric ester groups is 1. The van der Waals surface area contributed by atoms with E-state index in [1.165, 1.54) is 238 Å². The predicted molar refractivity (Wildman–Crippen MR) is 362 cm³/mol. The van der Waals surface area contributed by atoms with E-state index in [1.54, 1.807) is 6.08 Å². The Balaban J connectivity index is 4.07. The van der Waals surface area contributed by atoms with Gasteiger partial charge in [0.25, 0.3) is 7.82 Å². The van der Waals surface area contributed by atoms with Gasteiger partial charge in [-0.2, -0.15) is 0 Å². The molecule has 3 unspecified atom stereocenters. The standard InChI is InChI=1S/C74H137N2O6P/c1-6-8-10-12-14-16-18-20-22-24-26-28-30-32-34-35-36-37-38-39-40-41-42-44-46-48-50-52-54-56-58-60-62-64-66-68-74(78)75-72(71-82-83(79,80)81-70-69-76(3,4)5)73(77)67-65-63-61-59-57-55-53-51-49-47-45-43-33-31-29-27-25-23-21-19-17-15-13-11-9-7-2/h8,10,14,16,20,22,26,28,32,34,57,59,65,67,72-73,77H,6-7,9,11-13,15,17-19,21,23-25,27,29-31,33,35-56,58,60-64,66,68-71H2,1-5H3,(H-,75,78,79,80)/b10-8-,16-14-,22-20-,28-26-,34-32-,59-57+,67-65+. The fourth-order valence-electron chi connectivity index (χ4n) is 10.4. The van der Waals surface area contributed by atoms with E-state index in [-0.39, 0.29) is 12.5 Å². The first-order valence-corrected chi connectivity index (χ1v) is 36.9. The van der Waals surface area contributed by atoms with Crippen molar-refractivity contribution in [3.8, 4) is 0 Å². The summed E-state index contributed by atoms with van der Waals surface area (Å²) in [6.07, 6.45) is 91.4. The van der Waals surface area contributed by atoms with Gasteiger partial charge in [0.05, 0.1) is 39.9 Å². The first-order chi connectivity index (χ1) is 40.5. The zero-order valence-corrected chi connectivity index (χ0v) is 56.3. The zero-order chi connectivity index (χ0) is 60.5. The normalized spacial score (nSPS) is 14.2. The smallest absolute Gasteiger partial charge is 0.268 e. The lowest BCUT2D eigenvalue weighted by Gasteiger charge is -2.29. The molecule has 0 heterocycles. The molecule has 2 N–H and O–H groups in total. The highest BCUT2D eigenvalue weighted by atomic mass is 31.2. The number of carbonyl (C=O) groups is 1. The molecule has 0 fully saturated rings. The maximum atomic E-state index is 13.0. The van der Waals surface area contributed by atoms with E-state index in [4.69, 9.17) is 9.05 Å². The number of likely N-dealkylation sites (N-methyl/N-ethyl adjacent to an activating group) is 1. The Bertz CT molecular complexity index is 1630. The minimum atomic E-state index is -4.61. The van der Waals surface area contributed by atoms with Gasteiger partial charge in [0, 0.05) is 6.42 Å². The molecule has 0 saturated carbocycles. The Kier molecular flexibility index (Phi) is 62.4. The third kappa shape index (κ3) is 67.1. The molecule has 83 heavy (non-hydrogen) atoms. The van der Waals surface area contributed by atoms with Crippen LogP contribution in [0.5, 0.6) is 0 Å². The number of phosphoric acid groups is 1. The van der Waals surface area contributed by atoms with Gasteiger partial charge in [-0.3, -0.25) is 9.36 Å². The van der Waals surface area contributed by atoms with Crippen molar-refractivity contribution in [2.24, 2.45) is 0 Å². The highest BCUT2D eigenvalue weighted by Gasteiger charge is 2.23. The largest absolute Gasteiger partial charge is 0.756 e. The molecule has 0 aromatic heterocycles. The fourth-order valence-corrected chi connectivity index (χ4v) is 11.1. The van der Waals surface area contributed by atoms with Crippen LogP contribution in [-0.4, -0.2) is 68.5 Å². The maximum absolute atomic E-state index is 13.0. The zero-order valence-electron chi connectivity index (χ0n) is 55.4. The molecule has 0 aromatic carbocycles. The van der Waals surface area contributed by atoms with E-state index >= 15 is 0 Å². The van der Waals surface area contributed by atoms with Gasteiger partial charge in [-0.25, -0.2) is 0 Å². The summed E-state index contributed by atoms with van der Waals surface area (Å²) in [6.45, 7) is 4.55. The summed E-state index contributed by atoms with van der Waals surface area (Å²) in [6, 6.07) is -0.907. The molecule has 0 spiro atoms. The number of nitrogens with zero attached hydrogens (tertiary/aromatic N) is 1. The van der Waals surface area contributed by atoms with E-state index in [0.717, 1.165) is 70.6 Å². The van der Waals surface area contributed by atoms with Gasteiger partial charge in [-0.1, -0.05) is 330 Å². The van der Waals surface area contributed by atoms with Crippen molar-refractivity contribution in [2.75, 3.05) is 40.9 Å². The average Bonchev–Trinajstić information content (AvgIpc) is 3.49. The lowest BCUT2D eigenvalue weighted by molar-refractivity contribution is -0.870. The van der Waals surface area contributed by atoms with Crippen molar-refractivity contribution < 1.29 is 32.9 Å². The maximum Gasteiger partial charge on any atom is 0.268 e. The molecule has 0 aromatic rings. The number of nitrogens with one attached hydrogen (secondary N) is 1. The van der Waals surface area contributed by atoms with Crippen LogP contribution in [-0.2, 0) is 18.4 Å². The molecule has 9 heteroatoms. The van der Waals surface area contributed by atoms with Crippen molar-refractivity contribution in [1.82, 2.24) is 5.32 Å². The fraction of sp³-hybridized carbons (Fsp3) is 0.797. The Labute approximate surface area is 516 Å². The number of hydrogen-bond acceptors (Lipinski definition) is 6. The van der Waals surface area contributed by atoms with E-state index in [1.807, 2.05) is 27.2 Å². The lowest BCUT2D eigenvalue weighted by atomic mass is 10.0. The summed E-state index contributed by atoms with van der Waals surface area (Å²) in [7, 11) is 1.25. The molecule has 484 valence electrons. The lowest BCUT2D eigenvalue weighted by Crippen LogP contribution is -2.45. The molecule has 0 saturated heterocycles. The number of allylic oxidation sites excluding steroid dienone is 13. The summed E-state index contributed by atoms with van der Waals surface area (Å²) >= 11 is 0. The Morgan fingerprint density at radius 1 is 0.434 bits per heavy atom. The molecular weight excluding hydrogens is 1040 g/mol. The van der Waals surface area contributed by atoms with Gasteiger partial charge in [0.2, 0.25) is 5.91 Å². The van der Waals surface area contributed by atoms with E-state index < -0.39 is 26.6 Å². The number of aliphatic hydroxyl groups excluding tert-OH is 1. The average molecular weight is 1180 g/mol. The highest BCUT2D eigenvalue weighted by Crippen LogP contribution is 2.38. The molecule has 0 bridgehead atoms. The van der Waals surface area contributed by atoms with E-state index in [9.17, 15) is 19.4 Å². The Hall–Kier alpha value is -2.32. The molecule has 0 radical (unpaired) electrons. The summed E-state index contributed by atoms with van der Waals surface area (Å²) in [5.41, 5.74) is 0. The molecule has 1 amide bonds. The minimum Gasteiger partial charge on any atom is -0.756 e. The first kappa shape index (κ1) is 80.7. The monoisotopic (exact) mass is 1180 g/mol. The van der Waals surface area contributed by atoms with Crippen LogP contribution in [0.3, 0.4) is 0 Å². The second kappa shape index (κ2) is 64.2. The SMILES string of the molecule is CC/C=C\C/C=C\C/C=C\C/C=C\C/C=C\CCCCCCCCCCCCCCCCCCCCCC(=O)NC(COP(=O)([O-])OCC[N+](C)(C)C)C(O)/C=C/CC/C=C/CCCCCCCCCCCCCCCCCCCCCC. The van der Waals surface area contributed by atoms with E-state index in [2.05, 4.69) is 92.1 Å². The molecule has 0 aliphatic rings. The summed E-state index contributed by atoms with van der Waals surface area (Å²) in [4.78, 5) is 25.6. The minimum absolute atomic E-state index is 0.00727. The van der Waals surface area contributed by atoms with Crippen LogP contribution < -0.4 is 10.2 Å². The third-order valence-corrected chi connectivity index (χ3v) is 16.8. The molecule has 8 nitrogen and oxygen atoms in total. The van der Waals surface area contributed by atoms with Crippen LogP contribution >= 0.6 is 7.82 Å². The summed E-state index contributed by atoms with van der Waals surface area (Å²) < 4.78 is 23.4. The van der Waals surface area contributed by atoms with Gasteiger partial charge in [0.15, 0.2) is 0 Å². The second-order valence-electron chi connectivity index (χ2n) is 25.2. The van der Waals surface area contributed by atoms with Crippen molar-refractivity contribution in [3.05, 3.63) is 85.1 Å².